The van der Waals surface area contributed by atoms with Crippen LogP contribution in [-0.2, 0) is 10.2 Å². The van der Waals surface area contributed by atoms with Gasteiger partial charge in [-0.05, 0) is 54.8 Å². The van der Waals surface area contributed by atoms with Gasteiger partial charge >= 0.3 is 0 Å². The fraction of sp³-hybridized carbons (Fsp3) is 0.650. The van der Waals surface area contributed by atoms with Crippen LogP contribution in [0.25, 0.3) is 0 Å². The predicted octanol–water partition coefficient (Wildman–Crippen LogP) is 3.34. The first kappa shape index (κ1) is 18.8. The first-order valence-corrected chi connectivity index (χ1v) is 9.08. The number of primary amides is 1. The number of piperidine rings is 1. The van der Waals surface area contributed by atoms with Crippen LogP contribution in [0.1, 0.15) is 52.0 Å². The standard InChI is InChI=1S/C20H32N2O2/c1-20(2,3)17-7-9-18(10-8-17)24-13-5-12-22-11-4-6-16(15-22)14-19(21)23/h7-10,16H,4-6,11-15H2,1-3H3,(H2,21,23). The number of rotatable bonds is 7. The zero-order chi connectivity index (χ0) is 17.6. The molecule has 1 aliphatic rings. The second-order valence-electron chi connectivity index (χ2n) is 7.96. The molecule has 0 aliphatic carbocycles. The van der Waals surface area contributed by atoms with Gasteiger partial charge in [0, 0.05) is 19.5 Å². The molecule has 0 spiro atoms. The summed E-state index contributed by atoms with van der Waals surface area (Å²) in [5.41, 5.74) is 6.81. The van der Waals surface area contributed by atoms with Crippen LogP contribution in [0.15, 0.2) is 24.3 Å². The number of carbonyl (C=O) groups is 1. The summed E-state index contributed by atoms with van der Waals surface area (Å²) in [5.74, 6) is 1.19. The van der Waals surface area contributed by atoms with Crippen LogP contribution >= 0.6 is 0 Å². The predicted molar refractivity (Wildman–Crippen MR) is 98.2 cm³/mol. The van der Waals surface area contributed by atoms with Crippen LogP contribution in [0.5, 0.6) is 5.75 Å². The minimum absolute atomic E-state index is 0.175. The highest BCUT2D eigenvalue weighted by Crippen LogP contribution is 2.24. The van der Waals surface area contributed by atoms with Crippen molar-refractivity contribution in [3.63, 3.8) is 0 Å². The highest BCUT2D eigenvalue weighted by Gasteiger charge is 2.20. The Kier molecular flexibility index (Phi) is 6.67. The Bertz CT molecular complexity index is 519. The summed E-state index contributed by atoms with van der Waals surface area (Å²) in [6, 6.07) is 8.41. The van der Waals surface area contributed by atoms with Crippen LogP contribution in [0, 0.1) is 5.92 Å². The topological polar surface area (TPSA) is 55.6 Å². The molecule has 1 amide bonds. The van der Waals surface area contributed by atoms with Crippen molar-refractivity contribution in [1.82, 2.24) is 4.90 Å². The van der Waals surface area contributed by atoms with Crippen molar-refractivity contribution in [3.05, 3.63) is 29.8 Å². The number of nitrogens with two attached hydrogens (primary N) is 1. The Hall–Kier alpha value is -1.55. The van der Waals surface area contributed by atoms with Gasteiger partial charge in [0.05, 0.1) is 6.61 Å². The first-order chi connectivity index (χ1) is 11.3. The van der Waals surface area contributed by atoms with Gasteiger partial charge in [-0.1, -0.05) is 32.9 Å². The van der Waals surface area contributed by atoms with E-state index in [1.807, 2.05) is 0 Å². The molecule has 0 bridgehead atoms. The van der Waals surface area contributed by atoms with E-state index in [4.69, 9.17) is 10.5 Å². The number of hydrogen-bond donors (Lipinski definition) is 1. The Morgan fingerprint density at radius 1 is 1.29 bits per heavy atom. The van der Waals surface area contributed by atoms with Gasteiger partial charge in [-0.25, -0.2) is 0 Å². The fourth-order valence-corrected chi connectivity index (χ4v) is 3.33. The van der Waals surface area contributed by atoms with Gasteiger partial charge in [0.2, 0.25) is 5.91 Å². The summed E-state index contributed by atoms with van der Waals surface area (Å²) in [4.78, 5) is 13.5. The second-order valence-corrected chi connectivity index (χ2v) is 7.96. The van der Waals surface area contributed by atoms with Crippen molar-refractivity contribution in [2.75, 3.05) is 26.2 Å². The summed E-state index contributed by atoms with van der Waals surface area (Å²) in [5, 5.41) is 0. The summed E-state index contributed by atoms with van der Waals surface area (Å²) in [6.07, 6.45) is 3.81. The smallest absolute Gasteiger partial charge is 0.217 e. The average Bonchev–Trinajstić information content (AvgIpc) is 2.51. The Balaban J connectivity index is 1.68. The van der Waals surface area contributed by atoms with E-state index in [1.54, 1.807) is 0 Å². The number of nitrogens with zero attached hydrogens (tertiary/aromatic N) is 1. The maximum atomic E-state index is 11.1. The van der Waals surface area contributed by atoms with Crippen LogP contribution in [-0.4, -0.2) is 37.0 Å². The lowest BCUT2D eigenvalue weighted by atomic mass is 9.87. The third-order valence-corrected chi connectivity index (χ3v) is 4.70. The van der Waals surface area contributed by atoms with Crippen molar-refractivity contribution in [2.45, 2.75) is 51.9 Å². The SMILES string of the molecule is CC(C)(C)c1ccc(OCCCN2CCCC(CC(N)=O)C2)cc1. The summed E-state index contributed by atoms with van der Waals surface area (Å²) in [7, 11) is 0. The largest absolute Gasteiger partial charge is 0.494 e. The normalized spacial score (nSPS) is 19.2. The molecule has 0 radical (unpaired) electrons. The van der Waals surface area contributed by atoms with Gasteiger partial charge in [0.25, 0.3) is 0 Å². The van der Waals surface area contributed by atoms with Crippen LogP contribution in [0.3, 0.4) is 0 Å². The molecular formula is C20H32N2O2. The molecule has 1 fully saturated rings. The monoisotopic (exact) mass is 332 g/mol. The minimum atomic E-state index is -0.177. The number of ether oxygens (including phenoxy) is 1. The molecule has 1 aliphatic heterocycles. The van der Waals surface area contributed by atoms with Crippen LogP contribution < -0.4 is 10.5 Å². The zero-order valence-electron chi connectivity index (χ0n) is 15.4. The lowest BCUT2D eigenvalue weighted by Crippen LogP contribution is -2.38. The average molecular weight is 332 g/mol. The number of hydrogen-bond acceptors (Lipinski definition) is 3. The molecule has 1 aromatic rings. The third kappa shape index (κ3) is 6.16. The van der Waals surface area contributed by atoms with Crippen molar-refractivity contribution in [2.24, 2.45) is 11.7 Å². The molecule has 4 heteroatoms. The van der Waals surface area contributed by atoms with Crippen LogP contribution in [0.4, 0.5) is 0 Å². The van der Waals surface area contributed by atoms with E-state index in [0.717, 1.165) is 51.3 Å². The van der Waals surface area contributed by atoms with Crippen LogP contribution in [0.2, 0.25) is 0 Å². The number of amides is 1. The van der Waals surface area contributed by atoms with E-state index < -0.39 is 0 Å². The van der Waals surface area contributed by atoms with Gasteiger partial charge in [-0.3, -0.25) is 4.79 Å². The van der Waals surface area contributed by atoms with E-state index >= 15 is 0 Å². The molecule has 1 atom stereocenters. The quantitative estimate of drug-likeness (QED) is 0.779. The molecule has 134 valence electrons. The molecule has 1 saturated heterocycles. The molecule has 1 unspecified atom stereocenters. The van der Waals surface area contributed by atoms with E-state index in [2.05, 4.69) is 49.9 Å². The van der Waals surface area contributed by atoms with E-state index in [-0.39, 0.29) is 11.3 Å². The van der Waals surface area contributed by atoms with Gasteiger partial charge in [0.1, 0.15) is 5.75 Å². The van der Waals surface area contributed by atoms with E-state index in [0.29, 0.717) is 12.3 Å². The fourth-order valence-electron chi connectivity index (χ4n) is 3.33. The van der Waals surface area contributed by atoms with E-state index in [1.165, 1.54) is 5.56 Å². The summed E-state index contributed by atoms with van der Waals surface area (Å²) < 4.78 is 5.86. The van der Waals surface area contributed by atoms with E-state index in [9.17, 15) is 4.79 Å². The van der Waals surface area contributed by atoms with Gasteiger partial charge < -0.3 is 15.4 Å². The maximum absolute atomic E-state index is 11.1. The third-order valence-electron chi connectivity index (χ3n) is 4.70. The van der Waals surface area contributed by atoms with Crippen molar-refractivity contribution >= 4 is 5.91 Å². The maximum Gasteiger partial charge on any atom is 0.217 e. The van der Waals surface area contributed by atoms with Gasteiger partial charge in [-0.2, -0.15) is 0 Å². The molecule has 0 saturated carbocycles. The van der Waals surface area contributed by atoms with Crippen molar-refractivity contribution in [3.8, 4) is 5.75 Å². The molecule has 1 aromatic carbocycles. The highest BCUT2D eigenvalue weighted by molar-refractivity contribution is 5.74. The Morgan fingerprint density at radius 3 is 2.62 bits per heavy atom. The number of likely N-dealkylation sites (tertiary alicyclic amines) is 1. The highest BCUT2D eigenvalue weighted by atomic mass is 16.5. The molecule has 2 rings (SSSR count). The second kappa shape index (κ2) is 8.52. The number of carbonyl (C=O) groups excluding carboxylic acids is 1. The summed E-state index contributed by atoms with van der Waals surface area (Å²) >= 11 is 0. The lowest BCUT2D eigenvalue weighted by Gasteiger charge is -2.32. The molecule has 1 heterocycles. The molecule has 24 heavy (non-hydrogen) atoms. The molecule has 4 nitrogen and oxygen atoms in total. The zero-order valence-corrected chi connectivity index (χ0v) is 15.4. The number of benzene rings is 1. The molecule has 2 N–H and O–H groups in total. The molecule has 0 aromatic heterocycles. The lowest BCUT2D eigenvalue weighted by molar-refractivity contribution is -0.119. The summed E-state index contributed by atoms with van der Waals surface area (Å²) in [6.45, 7) is 10.5. The Morgan fingerprint density at radius 2 is 2.00 bits per heavy atom. The van der Waals surface area contributed by atoms with Crippen molar-refractivity contribution in [1.29, 1.82) is 0 Å². The molecular weight excluding hydrogens is 300 g/mol. The van der Waals surface area contributed by atoms with Gasteiger partial charge in [-0.15, -0.1) is 0 Å². The minimum Gasteiger partial charge on any atom is -0.494 e. The Labute approximate surface area is 146 Å². The van der Waals surface area contributed by atoms with Crippen molar-refractivity contribution < 1.29 is 9.53 Å². The van der Waals surface area contributed by atoms with Gasteiger partial charge in [0.15, 0.2) is 0 Å². The first-order valence-electron chi connectivity index (χ1n) is 9.08.